The van der Waals surface area contributed by atoms with E-state index in [1.54, 1.807) is 0 Å². The van der Waals surface area contributed by atoms with Crippen molar-refractivity contribution in [3.05, 3.63) is 58.7 Å². The van der Waals surface area contributed by atoms with E-state index in [1.807, 2.05) is 36.5 Å². The average molecular weight is 329 g/mol. The number of nitrogens with zero attached hydrogens (tertiary/aromatic N) is 2. The van der Waals surface area contributed by atoms with E-state index >= 15 is 0 Å². The van der Waals surface area contributed by atoms with Crippen molar-refractivity contribution in [1.29, 1.82) is 0 Å². The van der Waals surface area contributed by atoms with Gasteiger partial charge >= 0.3 is 0 Å². The highest BCUT2D eigenvalue weighted by Gasteiger charge is 2.24. The van der Waals surface area contributed by atoms with Crippen LogP contribution in [0.15, 0.2) is 40.9 Å². The molecule has 1 unspecified atom stereocenters. The van der Waals surface area contributed by atoms with E-state index in [0.717, 1.165) is 54.1 Å². The van der Waals surface area contributed by atoms with Crippen LogP contribution in [0.25, 0.3) is 11.1 Å². The molecule has 4 nitrogen and oxygen atoms in total. The minimum atomic E-state index is 0.254. The molecule has 0 saturated carbocycles. The van der Waals surface area contributed by atoms with E-state index in [2.05, 4.69) is 9.97 Å². The molecular formula is C18H17ClN2O2. The normalized spacial score (nSPS) is 17.9. The molecule has 23 heavy (non-hydrogen) atoms. The van der Waals surface area contributed by atoms with Crippen molar-refractivity contribution < 1.29 is 9.15 Å². The number of aromatic nitrogens is 2. The van der Waals surface area contributed by atoms with E-state index in [1.165, 1.54) is 0 Å². The zero-order valence-electron chi connectivity index (χ0n) is 12.7. The third-order valence-corrected chi connectivity index (χ3v) is 4.42. The van der Waals surface area contributed by atoms with Gasteiger partial charge in [-0.2, -0.15) is 0 Å². The molecule has 0 spiro atoms. The van der Waals surface area contributed by atoms with Crippen LogP contribution in [0, 0.1) is 0 Å². The number of benzene rings is 1. The highest BCUT2D eigenvalue weighted by molar-refractivity contribution is 6.31. The van der Waals surface area contributed by atoms with Gasteiger partial charge in [0.05, 0.1) is 12.5 Å². The van der Waals surface area contributed by atoms with E-state index in [9.17, 15) is 0 Å². The maximum absolute atomic E-state index is 6.25. The zero-order valence-corrected chi connectivity index (χ0v) is 13.4. The van der Waals surface area contributed by atoms with E-state index in [4.69, 9.17) is 20.8 Å². The van der Waals surface area contributed by atoms with Gasteiger partial charge in [0.25, 0.3) is 0 Å². The summed E-state index contributed by atoms with van der Waals surface area (Å²) in [5, 5.41) is 0.691. The van der Waals surface area contributed by atoms with Crippen LogP contribution in [-0.4, -0.2) is 23.2 Å². The van der Waals surface area contributed by atoms with E-state index in [-0.39, 0.29) is 5.92 Å². The molecule has 1 aliphatic rings. The largest absolute Gasteiger partial charge is 0.440 e. The summed E-state index contributed by atoms with van der Waals surface area (Å²) in [6, 6.07) is 9.79. The lowest BCUT2D eigenvalue weighted by Crippen LogP contribution is -1.96. The van der Waals surface area contributed by atoms with Gasteiger partial charge in [-0.25, -0.2) is 4.98 Å². The standard InChI is InChI=1S/C18H17ClN2O2/c19-14-9-12(4-5-15-3-1-2-7-20-15)17-16(10-14)21-18(23-17)13-6-8-22-11-13/h1-3,7,9-10,13H,4-6,8,11H2. The lowest BCUT2D eigenvalue weighted by Gasteiger charge is -2.03. The number of rotatable bonds is 4. The Hall–Kier alpha value is -1.91. The molecule has 3 aromatic rings. The number of aryl methyl sites for hydroxylation is 2. The molecule has 1 saturated heterocycles. The number of hydrogen-bond donors (Lipinski definition) is 0. The molecule has 1 aromatic carbocycles. The fourth-order valence-corrected chi connectivity index (χ4v) is 3.21. The number of ether oxygens (including phenoxy) is 1. The highest BCUT2D eigenvalue weighted by Crippen LogP contribution is 2.31. The third-order valence-electron chi connectivity index (χ3n) is 4.20. The predicted octanol–water partition coefficient (Wildman–Crippen LogP) is 4.17. The van der Waals surface area contributed by atoms with Crippen molar-refractivity contribution in [1.82, 2.24) is 9.97 Å². The summed E-state index contributed by atoms with van der Waals surface area (Å²) in [5.74, 6) is 1.02. The Labute approximate surface area is 139 Å². The molecule has 0 bridgehead atoms. The van der Waals surface area contributed by atoms with Crippen LogP contribution in [0.5, 0.6) is 0 Å². The first kappa shape index (κ1) is 14.7. The first-order chi connectivity index (χ1) is 11.3. The minimum Gasteiger partial charge on any atom is -0.440 e. The van der Waals surface area contributed by atoms with Gasteiger partial charge in [-0.15, -0.1) is 0 Å². The summed E-state index contributed by atoms with van der Waals surface area (Å²) >= 11 is 6.25. The van der Waals surface area contributed by atoms with Crippen molar-refractivity contribution in [3.8, 4) is 0 Å². The molecule has 1 fully saturated rings. The summed E-state index contributed by atoms with van der Waals surface area (Å²) in [7, 11) is 0. The Morgan fingerprint density at radius 2 is 2.17 bits per heavy atom. The SMILES string of the molecule is Clc1cc(CCc2ccccn2)c2oc(C3CCOC3)nc2c1. The number of hydrogen-bond acceptors (Lipinski definition) is 4. The molecule has 0 N–H and O–H groups in total. The molecule has 1 aliphatic heterocycles. The van der Waals surface area contributed by atoms with Crippen molar-refractivity contribution in [3.63, 3.8) is 0 Å². The van der Waals surface area contributed by atoms with E-state index in [0.29, 0.717) is 11.6 Å². The molecule has 0 aliphatic carbocycles. The molecule has 1 atom stereocenters. The summed E-state index contributed by atoms with van der Waals surface area (Å²) < 4.78 is 11.5. The molecule has 5 heteroatoms. The Morgan fingerprint density at radius 1 is 1.22 bits per heavy atom. The van der Waals surface area contributed by atoms with Crippen LogP contribution in [0.4, 0.5) is 0 Å². The van der Waals surface area contributed by atoms with Gasteiger partial charge in [-0.05, 0) is 49.1 Å². The Bertz CT molecular complexity index is 811. The molecule has 3 heterocycles. The summed E-state index contributed by atoms with van der Waals surface area (Å²) in [5.41, 5.74) is 3.81. The second-order valence-corrected chi connectivity index (χ2v) is 6.28. The second kappa shape index (κ2) is 6.30. The van der Waals surface area contributed by atoms with Crippen LogP contribution in [0.2, 0.25) is 5.02 Å². The van der Waals surface area contributed by atoms with E-state index < -0.39 is 0 Å². The molecule has 2 aromatic heterocycles. The van der Waals surface area contributed by atoms with Gasteiger partial charge in [0, 0.05) is 23.5 Å². The monoisotopic (exact) mass is 328 g/mol. The average Bonchev–Trinajstić information content (AvgIpc) is 3.22. The number of pyridine rings is 1. The fourth-order valence-electron chi connectivity index (χ4n) is 2.98. The van der Waals surface area contributed by atoms with Crippen molar-refractivity contribution in [2.24, 2.45) is 0 Å². The second-order valence-electron chi connectivity index (χ2n) is 5.85. The molecule has 0 radical (unpaired) electrons. The highest BCUT2D eigenvalue weighted by atomic mass is 35.5. The van der Waals surface area contributed by atoms with Crippen LogP contribution in [-0.2, 0) is 17.6 Å². The smallest absolute Gasteiger partial charge is 0.201 e. The topological polar surface area (TPSA) is 48.2 Å². The molecular weight excluding hydrogens is 312 g/mol. The lowest BCUT2D eigenvalue weighted by atomic mass is 10.1. The van der Waals surface area contributed by atoms with Crippen LogP contribution < -0.4 is 0 Å². The molecule has 0 amide bonds. The summed E-state index contributed by atoms with van der Waals surface area (Å²) in [4.78, 5) is 8.99. The van der Waals surface area contributed by atoms with Gasteiger partial charge < -0.3 is 9.15 Å². The Kier molecular flexibility index (Phi) is 4.02. The number of halogens is 1. The summed E-state index contributed by atoms with van der Waals surface area (Å²) in [6.07, 6.45) is 4.45. The minimum absolute atomic E-state index is 0.254. The summed E-state index contributed by atoms with van der Waals surface area (Å²) in [6.45, 7) is 1.46. The first-order valence-electron chi connectivity index (χ1n) is 7.86. The van der Waals surface area contributed by atoms with Gasteiger partial charge in [-0.3, -0.25) is 4.98 Å². The fraction of sp³-hybridized carbons (Fsp3) is 0.333. The number of fused-ring (bicyclic) bond motifs is 1. The van der Waals surface area contributed by atoms with Crippen LogP contribution >= 0.6 is 11.6 Å². The van der Waals surface area contributed by atoms with Crippen molar-refractivity contribution in [2.45, 2.75) is 25.2 Å². The van der Waals surface area contributed by atoms with Crippen LogP contribution in [0.3, 0.4) is 0 Å². The van der Waals surface area contributed by atoms with Gasteiger partial charge in [0.15, 0.2) is 5.58 Å². The predicted molar refractivity (Wildman–Crippen MR) is 88.8 cm³/mol. The van der Waals surface area contributed by atoms with Gasteiger partial charge in [-0.1, -0.05) is 17.7 Å². The maximum Gasteiger partial charge on any atom is 0.201 e. The third kappa shape index (κ3) is 3.09. The van der Waals surface area contributed by atoms with Crippen molar-refractivity contribution >= 4 is 22.7 Å². The quantitative estimate of drug-likeness (QED) is 0.721. The molecule has 118 valence electrons. The zero-order chi connectivity index (χ0) is 15.6. The number of oxazole rings is 1. The Morgan fingerprint density at radius 3 is 2.96 bits per heavy atom. The molecule has 4 rings (SSSR count). The first-order valence-corrected chi connectivity index (χ1v) is 8.24. The maximum atomic E-state index is 6.25. The lowest BCUT2D eigenvalue weighted by molar-refractivity contribution is 0.191. The van der Waals surface area contributed by atoms with Gasteiger partial charge in [0.2, 0.25) is 5.89 Å². The van der Waals surface area contributed by atoms with Gasteiger partial charge in [0.1, 0.15) is 5.52 Å². The van der Waals surface area contributed by atoms with Crippen LogP contribution in [0.1, 0.15) is 29.5 Å². The Balaban J connectivity index is 1.64. The van der Waals surface area contributed by atoms with Crippen molar-refractivity contribution in [2.75, 3.05) is 13.2 Å².